The summed E-state index contributed by atoms with van der Waals surface area (Å²) in [5, 5.41) is 7.03. The van der Waals surface area contributed by atoms with Crippen LogP contribution in [0.5, 0.6) is 0 Å². The number of aromatic nitrogens is 2. The average Bonchev–Trinajstić information content (AvgIpc) is 2.76. The molecule has 2 rings (SSSR count). The molecule has 0 bridgehead atoms. The molecule has 19 heavy (non-hydrogen) atoms. The summed E-state index contributed by atoms with van der Waals surface area (Å²) in [5.74, 6) is -1.26. The molecule has 6 heteroatoms. The van der Waals surface area contributed by atoms with Crippen molar-refractivity contribution in [2.45, 2.75) is 26.4 Å². The standard InChI is InChI=1S/C13H14BrF2N3/c1-8(2)19-4-3-10(18-19)7-17-13-11(15)5-9(14)6-12(13)16/h3-6,8,17H,7H2,1-2H3. The van der Waals surface area contributed by atoms with Gasteiger partial charge in [0.2, 0.25) is 0 Å². The number of nitrogens with one attached hydrogen (secondary N) is 1. The maximum atomic E-state index is 13.6. The highest BCUT2D eigenvalue weighted by Crippen LogP contribution is 2.24. The summed E-state index contributed by atoms with van der Waals surface area (Å²) in [4.78, 5) is 0. The Morgan fingerprint density at radius 3 is 2.47 bits per heavy atom. The first-order chi connectivity index (χ1) is 8.97. The van der Waals surface area contributed by atoms with Crippen molar-refractivity contribution in [1.82, 2.24) is 9.78 Å². The monoisotopic (exact) mass is 329 g/mol. The summed E-state index contributed by atoms with van der Waals surface area (Å²) in [5.41, 5.74) is 0.595. The molecular weight excluding hydrogens is 316 g/mol. The van der Waals surface area contributed by atoms with Gasteiger partial charge in [0.1, 0.15) is 17.3 Å². The number of rotatable bonds is 4. The van der Waals surface area contributed by atoms with Gasteiger partial charge in [0.25, 0.3) is 0 Å². The largest absolute Gasteiger partial charge is 0.375 e. The molecular formula is C13H14BrF2N3. The Labute approximate surface area is 118 Å². The zero-order valence-corrected chi connectivity index (χ0v) is 12.2. The molecule has 1 N–H and O–H groups in total. The van der Waals surface area contributed by atoms with Gasteiger partial charge >= 0.3 is 0 Å². The summed E-state index contributed by atoms with van der Waals surface area (Å²) in [6, 6.07) is 4.52. The van der Waals surface area contributed by atoms with Crippen molar-refractivity contribution in [3.05, 3.63) is 46.2 Å². The molecule has 0 aliphatic carbocycles. The van der Waals surface area contributed by atoms with Crippen LogP contribution in [0.25, 0.3) is 0 Å². The van der Waals surface area contributed by atoms with E-state index in [-0.39, 0.29) is 18.3 Å². The highest BCUT2D eigenvalue weighted by molar-refractivity contribution is 9.10. The van der Waals surface area contributed by atoms with E-state index in [4.69, 9.17) is 0 Å². The molecule has 0 atom stereocenters. The first kappa shape index (κ1) is 14.0. The van der Waals surface area contributed by atoms with Crippen LogP contribution in [-0.2, 0) is 6.54 Å². The molecule has 0 aliphatic heterocycles. The van der Waals surface area contributed by atoms with E-state index in [0.717, 1.165) is 5.69 Å². The molecule has 0 unspecified atom stereocenters. The zero-order valence-electron chi connectivity index (χ0n) is 10.6. The van der Waals surface area contributed by atoms with Gasteiger partial charge in [-0.05, 0) is 32.0 Å². The topological polar surface area (TPSA) is 29.9 Å². The van der Waals surface area contributed by atoms with Crippen molar-refractivity contribution in [2.24, 2.45) is 0 Å². The lowest BCUT2D eigenvalue weighted by molar-refractivity contribution is 0.527. The van der Waals surface area contributed by atoms with Crippen LogP contribution in [-0.4, -0.2) is 9.78 Å². The molecule has 0 fully saturated rings. The number of halogens is 3. The number of anilines is 1. The van der Waals surface area contributed by atoms with Gasteiger partial charge in [-0.2, -0.15) is 5.10 Å². The van der Waals surface area contributed by atoms with Gasteiger partial charge in [-0.1, -0.05) is 15.9 Å². The summed E-state index contributed by atoms with van der Waals surface area (Å²) in [7, 11) is 0. The van der Waals surface area contributed by atoms with E-state index in [2.05, 4.69) is 26.3 Å². The van der Waals surface area contributed by atoms with E-state index in [0.29, 0.717) is 4.47 Å². The van der Waals surface area contributed by atoms with Crippen molar-refractivity contribution < 1.29 is 8.78 Å². The molecule has 0 radical (unpaired) electrons. The Balaban J connectivity index is 2.10. The van der Waals surface area contributed by atoms with E-state index in [1.54, 1.807) is 4.68 Å². The van der Waals surface area contributed by atoms with Crippen LogP contribution in [0.2, 0.25) is 0 Å². The predicted octanol–water partition coefficient (Wildman–Crippen LogP) is 4.12. The molecule has 2 aromatic rings. The molecule has 0 saturated heterocycles. The summed E-state index contributed by atoms with van der Waals surface area (Å²) in [6.45, 7) is 4.30. The van der Waals surface area contributed by atoms with Gasteiger partial charge in [0.15, 0.2) is 0 Å². The fraction of sp³-hybridized carbons (Fsp3) is 0.308. The second-order valence-corrected chi connectivity index (χ2v) is 5.39. The zero-order chi connectivity index (χ0) is 14.0. The van der Waals surface area contributed by atoms with Crippen LogP contribution in [0, 0.1) is 11.6 Å². The molecule has 102 valence electrons. The van der Waals surface area contributed by atoms with Crippen LogP contribution >= 0.6 is 15.9 Å². The first-order valence-electron chi connectivity index (χ1n) is 5.90. The van der Waals surface area contributed by atoms with Crippen molar-refractivity contribution >= 4 is 21.6 Å². The number of benzene rings is 1. The lowest BCUT2D eigenvalue weighted by Gasteiger charge is -2.08. The van der Waals surface area contributed by atoms with Gasteiger partial charge in [0.05, 0.1) is 12.2 Å². The quantitative estimate of drug-likeness (QED) is 0.914. The molecule has 0 amide bonds. The number of nitrogens with zero attached hydrogens (tertiary/aromatic N) is 2. The SMILES string of the molecule is CC(C)n1ccc(CNc2c(F)cc(Br)cc2F)n1. The third-order valence-electron chi connectivity index (χ3n) is 2.65. The van der Waals surface area contributed by atoms with Crippen LogP contribution in [0.1, 0.15) is 25.6 Å². The van der Waals surface area contributed by atoms with Gasteiger partial charge in [-0.25, -0.2) is 8.78 Å². The molecule has 1 heterocycles. The highest BCUT2D eigenvalue weighted by Gasteiger charge is 2.11. The Morgan fingerprint density at radius 2 is 1.95 bits per heavy atom. The molecule has 3 nitrogen and oxygen atoms in total. The normalized spacial score (nSPS) is 11.1. The van der Waals surface area contributed by atoms with E-state index in [1.165, 1.54) is 12.1 Å². The minimum atomic E-state index is -0.629. The van der Waals surface area contributed by atoms with Gasteiger partial charge < -0.3 is 5.32 Å². The second-order valence-electron chi connectivity index (χ2n) is 4.48. The van der Waals surface area contributed by atoms with Gasteiger partial charge in [0, 0.05) is 16.7 Å². The third kappa shape index (κ3) is 3.32. The fourth-order valence-corrected chi connectivity index (χ4v) is 2.05. The number of hydrogen-bond donors (Lipinski definition) is 1. The number of hydrogen-bond acceptors (Lipinski definition) is 2. The van der Waals surface area contributed by atoms with Crippen molar-refractivity contribution in [3.8, 4) is 0 Å². The van der Waals surface area contributed by atoms with Crippen LogP contribution in [0.4, 0.5) is 14.5 Å². The molecule has 1 aromatic heterocycles. The van der Waals surface area contributed by atoms with Crippen molar-refractivity contribution in [2.75, 3.05) is 5.32 Å². The maximum Gasteiger partial charge on any atom is 0.150 e. The second kappa shape index (κ2) is 5.69. The lowest BCUT2D eigenvalue weighted by atomic mass is 10.3. The lowest BCUT2D eigenvalue weighted by Crippen LogP contribution is -2.06. The van der Waals surface area contributed by atoms with E-state index in [9.17, 15) is 8.78 Å². The Bertz CT molecular complexity index is 558. The average molecular weight is 330 g/mol. The van der Waals surface area contributed by atoms with Crippen LogP contribution in [0.15, 0.2) is 28.9 Å². The predicted molar refractivity (Wildman–Crippen MR) is 74.0 cm³/mol. The summed E-state index contributed by atoms with van der Waals surface area (Å²) in [6.07, 6.45) is 1.84. The van der Waals surface area contributed by atoms with E-state index >= 15 is 0 Å². The smallest absolute Gasteiger partial charge is 0.150 e. The van der Waals surface area contributed by atoms with E-state index < -0.39 is 11.6 Å². The molecule has 0 saturated carbocycles. The van der Waals surface area contributed by atoms with Gasteiger partial charge in [-0.3, -0.25) is 4.68 Å². The van der Waals surface area contributed by atoms with Crippen molar-refractivity contribution in [3.63, 3.8) is 0 Å². The summed E-state index contributed by atoms with van der Waals surface area (Å²) >= 11 is 3.04. The summed E-state index contributed by atoms with van der Waals surface area (Å²) < 4.78 is 29.3. The van der Waals surface area contributed by atoms with Crippen LogP contribution < -0.4 is 5.32 Å². The molecule has 1 aromatic carbocycles. The highest BCUT2D eigenvalue weighted by atomic mass is 79.9. The third-order valence-corrected chi connectivity index (χ3v) is 3.10. The molecule has 0 spiro atoms. The Hall–Kier alpha value is -1.43. The van der Waals surface area contributed by atoms with Crippen LogP contribution in [0.3, 0.4) is 0 Å². The minimum absolute atomic E-state index is 0.137. The minimum Gasteiger partial charge on any atom is -0.375 e. The van der Waals surface area contributed by atoms with Gasteiger partial charge in [-0.15, -0.1) is 0 Å². The maximum absolute atomic E-state index is 13.6. The first-order valence-corrected chi connectivity index (χ1v) is 6.69. The Morgan fingerprint density at radius 1 is 1.32 bits per heavy atom. The van der Waals surface area contributed by atoms with E-state index in [1.807, 2.05) is 26.1 Å². The Kier molecular flexibility index (Phi) is 4.19. The van der Waals surface area contributed by atoms with Crippen molar-refractivity contribution in [1.29, 1.82) is 0 Å². The fourth-order valence-electron chi connectivity index (χ4n) is 1.65. The molecule has 0 aliphatic rings.